The van der Waals surface area contributed by atoms with E-state index in [-0.39, 0.29) is 24.0 Å². The van der Waals surface area contributed by atoms with E-state index >= 15 is 0 Å². The molecule has 142 valence electrons. The fourth-order valence-electron chi connectivity index (χ4n) is 3.16. The summed E-state index contributed by atoms with van der Waals surface area (Å²) < 4.78 is 13.0. The first-order valence-electron chi connectivity index (χ1n) is 8.72. The van der Waals surface area contributed by atoms with Crippen LogP contribution in [0, 0.1) is 22.9 Å². The average Bonchev–Trinajstić information content (AvgIpc) is 2.67. The van der Waals surface area contributed by atoms with E-state index in [1.54, 1.807) is 36.1 Å². The summed E-state index contributed by atoms with van der Waals surface area (Å²) in [5.41, 5.74) is 2.06. The molecule has 1 N–H and O–H groups in total. The van der Waals surface area contributed by atoms with Crippen LogP contribution in [0.3, 0.4) is 0 Å². The standard InChI is InChI=1S/C19H21FN4O3/c1-14-17(3-2-4-18(14)24(26)27)21-13-19(25)23-11-9-22(10-12-23)16-7-5-15(20)6-8-16/h2-8,21H,9-13H2,1H3. The molecule has 1 aliphatic rings. The highest BCUT2D eigenvalue weighted by Crippen LogP contribution is 2.25. The number of halogens is 1. The van der Waals surface area contributed by atoms with E-state index in [4.69, 9.17) is 0 Å². The number of carbonyl (C=O) groups excluding carboxylic acids is 1. The van der Waals surface area contributed by atoms with Gasteiger partial charge in [0, 0.05) is 49.2 Å². The Kier molecular flexibility index (Phi) is 5.54. The van der Waals surface area contributed by atoms with Crippen molar-refractivity contribution in [2.45, 2.75) is 6.92 Å². The predicted molar refractivity (Wildman–Crippen MR) is 102 cm³/mol. The van der Waals surface area contributed by atoms with Crippen LogP contribution in [0.5, 0.6) is 0 Å². The molecular formula is C19H21FN4O3. The molecule has 1 heterocycles. The van der Waals surface area contributed by atoms with Crippen LogP contribution in [0.2, 0.25) is 0 Å². The van der Waals surface area contributed by atoms with Gasteiger partial charge in [-0.15, -0.1) is 0 Å². The quantitative estimate of drug-likeness (QED) is 0.645. The van der Waals surface area contributed by atoms with Gasteiger partial charge in [0.05, 0.1) is 11.5 Å². The lowest BCUT2D eigenvalue weighted by Crippen LogP contribution is -2.50. The summed E-state index contributed by atoms with van der Waals surface area (Å²) >= 11 is 0. The second-order valence-corrected chi connectivity index (χ2v) is 6.40. The highest BCUT2D eigenvalue weighted by molar-refractivity contribution is 5.81. The summed E-state index contributed by atoms with van der Waals surface area (Å²) in [6, 6.07) is 11.1. The first-order valence-corrected chi connectivity index (χ1v) is 8.72. The maximum Gasteiger partial charge on any atom is 0.274 e. The largest absolute Gasteiger partial charge is 0.376 e. The SMILES string of the molecule is Cc1c(NCC(=O)N2CCN(c3ccc(F)cc3)CC2)cccc1[N+](=O)[O-]. The molecule has 7 nitrogen and oxygen atoms in total. The number of amides is 1. The van der Waals surface area contributed by atoms with Crippen molar-refractivity contribution in [1.82, 2.24) is 4.90 Å². The van der Waals surface area contributed by atoms with Crippen molar-refractivity contribution in [3.63, 3.8) is 0 Å². The van der Waals surface area contributed by atoms with Gasteiger partial charge in [-0.2, -0.15) is 0 Å². The first kappa shape index (κ1) is 18.6. The lowest BCUT2D eigenvalue weighted by atomic mass is 10.1. The number of anilines is 2. The van der Waals surface area contributed by atoms with Gasteiger partial charge in [0.2, 0.25) is 5.91 Å². The van der Waals surface area contributed by atoms with E-state index in [0.717, 1.165) is 5.69 Å². The van der Waals surface area contributed by atoms with Crippen LogP contribution in [0.1, 0.15) is 5.56 Å². The monoisotopic (exact) mass is 372 g/mol. The third kappa shape index (κ3) is 4.33. The van der Waals surface area contributed by atoms with E-state index in [1.165, 1.54) is 18.2 Å². The maximum absolute atomic E-state index is 13.0. The summed E-state index contributed by atoms with van der Waals surface area (Å²) in [6.45, 7) is 4.24. The zero-order valence-electron chi connectivity index (χ0n) is 15.0. The van der Waals surface area contributed by atoms with Crippen LogP contribution in [0.15, 0.2) is 42.5 Å². The Balaban J connectivity index is 1.54. The van der Waals surface area contributed by atoms with Crippen molar-refractivity contribution in [3.05, 3.63) is 64.0 Å². The number of rotatable bonds is 5. The normalized spacial score (nSPS) is 14.1. The van der Waals surface area contributed by atoms with Gasteiger partial charge in [-0.05, 0) is 37.3 Å². The molecule has 1 amide bonds. The molecule has 1 fully saturated rings. The number of nitro benzene ring substituents is 1. The number of piperazine rings is 1. The number of hydrogen-bond donors (Lipinski definition) is 1. The van der Waals surface area contributed by atoms with E-state index < -0.39 is 4.92 Å². The van der Waals surface area contributed by atoms with Crippen molar-refractivity contribution in [1.29, 1.82) is 0 Å². The van der Waals surface area contributed by atoms with Crippen molar-refractivity contribution in [2.24, 2.45) is 0 Å². The maximum atomic E-state index is 13.0. The summed E-state index contributed by atoms with van der Waals surface area (Å²) in [7, 11) is 0. The van der Waals surface area contributed by atoms with E-state index in [1.807, 2.05) is 0 Å². The van der Waals surface area contributed by atoms with E-state index in [2.05, 4.69) is 10.2 Å². The van der Waals surface area contributed by atoms with Gasteiger partial charge in [0.1, 0.15) is 5.82 Å². The Bertz CT molecular complexity index is 833. The Morgan fingerprint density at radius 3 is 2.44 bits per heavy atom. The predicted octanol–water partition coefficient (Wildman–Crippen LogP) is 2.80. The molecule has 0 radical (unpaired) electrons. The number of nitrogens with one attached hydrogen (secondary N) is 1. The molecule has 2 aromatic rings. The molecule has 3 rings (SSSR count). The molecule has 2 aromatic carbocycles. The zero-order chi connectivity index (χ0) is 19.4. The summed E-state index contributed by atoms with van der Waals surface area (Å²) in [5, 5.41) is 14.0. The van der Waals surface area contributed by atoms with Gasteiger partial charge < -0.3 is 15.1 Å². The van der Waals surface area contributed by atoms with Crippen molar-refractivity contribution >= 4 is 23.0 Å². The third-order valence-electron chi connectivity index (χ3n) is 4.76. The van der Waals surface area contributed by atoms with Crippen LogP contribution in [0.25, 0.3) is 0 Å². The highest BCUT2D eigenvalue weighted by Gasteiger charge is 2.21. The molecule has 0 spiro atoms. The minimum atomic E-state index is -0.434. The zero-order valence-corrected chi connectivity index (χ0v) is 15.0. The van der Waals surface area contributed by atoms with Gasteiger partial charge in [-0.3, -0.25) is 14.9 Å². The number of hydrogen-bond acceptors (Lipinski definition) is 5. The fraction of sp³-hybridized carbons (Fsp3) is 0.316. The molecule has 0 unspecified atom stereocenters. The summed E-state index contributed by atoms with van der Waals surface area (Å²) in [4.78, 5) is 26.9. The molecular weight excluding hydrogens is 351 g/mol. The van der Waals surface area contributed by atoms with Crippen LogP contribution >= 0.6 is 0 Å². The number of carbonyl (C=O) groups is 1. The van der Waals surface area contributed by atoms with Gasteiger partial charge in [0.15, 0.2) is 0 Å². The van der Waals surface area contributed by atoms with Crippen LogP contribution in [-0.4, -0.2) is 48.5 Å². The second kappa shape index (κ2) is 8.03. The number of benzene rings is 2. The molecule has 8 heteroatoms. The Morgan fingerprint density at radius 1 is 1.15 bits per heavy atom. The number of nitrogens with zero attached hydrogens (tertiary/aromatic N) is 3. The summed E-state index contributed by atoms with van der Waals surface area (Å²) in [6.07, 6.45) is 0. The Hall–Kier alpha value is -3.16. The van der Waals surface area contributed by atoms with Gasteiger partial charge in [-0.1, -0.05) is 6.07 Å². The van der Waals surface area contributed by atoms with Crippen molar-refractivity contribution in [2.75, 3.05) is 42.9 Å². The molecule has 1 saturated heterocycles. The molecule has 0 atom stereocenters. The third-order valence-corrected chi connectivity index (χ3v) is 4.76. The van der Waals surface area contributed by atoms with E-state index in [9.17, 15) is 19.3 Å². The molecule has 27 heavy (non-hydrogen) atoms. The molecule has 0 bridgehead atoms. The van der Waals surface area contributed by atoms with Crippen LogP contribution in [-0.2, 0) is 4.79 Å². The Labute approximate surface area is 156 Å². The Morgan fingerprint density at radius 2 is 1.81 bits per heavy atom. The van der Waals surface area contributed by atoms with E-state index in [0.29, 0.717) is 37.4 Å². The van der Waals surface area contributed by atoms with Crippen LogP contribution in [0.4, 0.5) is 21.5 Å². The minimum Gasteiger partial charge on any atom is -0.376 e. The molecule has 0 saturated carbocycles. The average molecular weight is 372 g/mol. The summed E-state index contributed by atoms with van der Waals surface area (Å²) in [5.74, 6) is -0.324. The van der Waals surface area contributed by atoms with Gasteiger partial charge in [-0.25, -0.2) is 4.39 Å². The second-order valence-electron chi connectivity index (χ2n) is 6.40. The lowest BCUT2D eigenvalue weighted by molar-refractivity contribution is -0.385. The molecule has 0 aliphatic carbocycles. The smallest absolute Gasteiger partial charge is 0.274 e. The molecule has 0 aromatic heterocycles. The first-order chi connectivity index (χ1) is 13.0. The van der Waals surface area contributed by atoms with Crippen LogP contribution < -0.4 is 10.2 Å². The number of nitro groups is 1. The lowest BCUT2D eigenvalue weighted by Gasteiger charge is -2.36. The topological polar surface area (TPSA) is 78.7 Å². The van der Waals surface area contributed by atoms with Crippen molar-refractivity contribution in [3.8, 4) is 0 Å². The minimum absolute atomic E-state index is 0.0281. The highest BCUT2D eigenvalue weighted by atomic mass is 19.1. The van der Waals surface area contributed by atoms with Crippen molar-refractivity contribution < 1.29 is 14.1 Å². The molecule has 1 aliphatic heterocycles. The fourth-order valence-corrected chi connectivity index (χ4v) is 3.16. The van der Waals surface area contributed by atoms with Gasteiger partial charge in [0.25, 0.3) is 5.69 Å². The van der Waals surface area contributed by atoms with Gasteiger partial charge >= 0.3 is 0 Å².